The van der Waals surface area contributed by atoms with E-state index in [1.807, 2.05) is 54.6 Å². The van der Waals surface area contributed by atoms with E-state index in [0.717, 1.165) is 17.2 Å². The zero-order valence-electron chi connectivity index (χ0n) is 16.7. The largest absolute Gasteiger partial charge is 0.324 e. The lowest BCUT2D eigenvalue weighted by Crippen LogP contribution is -2.18. The molecule has 1 aromatic heterocycles. The molecule has 0 saturated heterocycles. The summed E-state index contributed by atoms with van der Waals surface area (Å²) >= 11 is 0. The summed E-state index contributed by atoms with van der Waals surface area (Å²) in [5.41, 5.74) is 3.74. The normalized spacial score (nSPS) is 10.4. The van der Waals surface area contributed by atoms with E-state index in [1.165, 1.54) is 5.56 Å². The standard InChI is InChI=1S/C25H22N4O/c1-19(30)21-12-14-22(15-13-21)27-25-26-17-16-24(28-25)29(23-10-6-3-7-11-23)18-20-8-4-2-5-9-20/h2-17H,18H2,1H3,(H,26,27,28). The molecule has 0 atom stereocenters. The second-order valence-corrected chi connectivity index (χ2v) is 6.90. The van der Waals surface area contributed by atoms with Crippen molar-refractivity contribution >= 4 is 28.9 Å². The van der Waals surface area contributed by atoms with Crippen molar-refractivity contribution in [1.82, 2.24) is 9.97 Å². The Balaban J connectivity index is 1.62. The molecule has 5 heteroatoms. The lowest BCUT2D eigenvalue weighted by atomic mass is 10.1. The third kappa shape index (κ3) is 4.70. The SMILES string of the molecule is CC(=O)c1ccc(Nc2nccc(N(Cc3ccccc3)c3ccccc3)n2)cc1. The van der Waals surface area contributed by atoms with Gasteiger partial charge in [0, 0.05) is 29.7 Å². The van der Waals surface area contributed by atoms with Gasteiger partial charge in [0.2, 0.25) is 5.95 Å². The predicted molar refractivity (Wildman–Crippen MR) is 120 cm³/mol. The Bertz CT molecular complexity index is 1110. The first-order valence-electron chi connectivity index (χ1n) is 9.76. The summed E-state index contributed by atoms with van der Waals surface area (Å²) in [6.07, 6.45) is 1.75. The second-order valence-electron chi connectivity index (χ2n) is 6.90. The molecule has 0 bridgehead atoms. The van der Waals surface area contributed by atoms with Crippen LogP contribution in [0.2, 0.25) is 0 Å². The van der Waals surface area contributed by atoms with Crippen molar-refractivity contribution in [3.05, 3.63) is 108 Å². The van der Waals surface area contributed by atoms with Gasteiger partial charge in [-0.2, -0.15) is 4.98 Å². The van der Waals surface area contributed by atoms with E-state index in [4.69, 9.17) is 4.98 Å². The molecule has 1 heterocycles. The summed E-state index contributed by atoms with van der Waals surface area (Å²) in [7, 11) is 0. The molecule has 0 saturated carbocycles. The van der Waals surface area contributed by atoms with E-state index in [9.17, 15) is 4.79 Å². The van der Waals surface area contributed by atoms with Crippen LogP contribution in [0.4, 0.5) is 23.1 Å². The Kier molecular flexibility index (Phi) is 5.80. The fraction of sp³-hybridized carbons (Fsp3) is 0.0800. The van der Waals surface area contributed by atoms with Gasteiger partial charge < -0.3 is 10.2 Å². The third-order valence-electron chi connectivity index (χ3n) is 4.72. The number of anilines is 4. The fourth-order valence-electron chi connectivity index (χ4n) is 3.16. The number of hydrogen-bond acceptors (Lipinski definition) is 5. The summed E-state index contributed by atoms with van der Waals surface area (Å²) in [4.78, 5) is 22.7. The van der Waals surface area contributed by atoms with Crippen LogP contribution in [-0.4, -0.2) is 15.8 Å². The van der Waals surface area contributed by atoms with Crippen LogP contribution in [0.3, 0.4) is 0 Å². The van der Waals surface area contributed by atoms with E-state index in [1.54, 1.807) is 25.3 Å². The van der Waals surface area contributed by atoms with Crippen LogP contribution in [0.15, 0.2) is 97.2 Å². The van der Waals surface area contributed by atoms with E-state index in [-0.39, 0.29) is 5.78 Å². The van der Waals surface area contributed by atoms with Gasteiger partial charge in [0.05, 0.1) is 0 Å². The molecule has 0 fully saturated rings. The van der Waals surface area contributed by atoms with Crippen LogP contribution in [0.5, 0.6) is 0 Å². The number of aromatic nitrogens is 2. The Morgan fingerprint density at radius 3 is 2.20 bits per heavy atom. The minimum atomic E-state index is 0.0409. The Morgan fingerprint density at radius 1 is 0.867 bits per heavy atom. The Hall–Kier alpha value is -3.99. The Morgan fingerprint density at radius 2 is 1.53 bits per heavy atom. The number of nitrogens with zero attached hydrogens (tertiary/aromatic N) is 3. The maximum atomic E-state index is 11.5. The number of ketones is 1. The molecule has 30 heavy (non-hydrogen) atoms. The number of carbonyl (C=O) groups excluding carboxylic acids is 1. The monoisotopic (exact) mass is 394 g/mol. The predicted octanol–water partition coefficient (Wildman–Crippen LogP) is 5.76. The fourth-order valence-corrected chi connectivity index (χ4v) is 3.16. The van der Waals surface area contributed by atoms with Crippen molar-refractivity contribution in [3.63, 3.8) is 0 Å². The molecule has 0 aliphatic heterocycles. The molecule has 3 aromatic carbocycles. The van der Waals surface area contributed by atoms with Gasteiger partial charge >= 0.3 is 0 Å². The molecular formula is C25H22N4O. The highest BCUT2D eigenvalue weighted by Crippen LogP contribution is 2.27. The van der Waals surface area contributed by atoms with E-state index < -0.39 is 0 Å². The van der Waals surface area contributed by atoms with Gasteiger partial charge in [-0.3, -0.25) is 4.79 Å². The molecule has 0 radical (unpaired) electrons. The van der Waals surface area contributed by atoms with Crippen molar-refractivity contribution in [1.29, 1.82) is 0 Å². The second kappa shape index (κ2) is 9.01. The average molecular weight is 394 g/mol. The minimum Gasteiger partial charge on any atom is -0.324 e. The van der Waals surface area contributed by atoms with Gasteiger partial charge in [-0.15, -0.1) is 0 Å². The van der Waals surface area contributed by atoms with Crippen molar-refractivity contribution < 1.29 is 4.79 Å². The van der Waals surface area contributed by atoms with Gasteiger partial charge in [-0.25, -0.2) is 4.98 Å². The van der Waals surface area contributed by atoms with Crippen molar-refractivity contribution in [2.24, 2.45) is 0 Å². The van der Waals surface area contributed by atoms with Crippen molar-refractivity contribution in [2.75, 3.05) is 10.2 Å². The van der Waals surface area contributed by atoms with E-state index >= 15 is 0 Å². The highest BCUT2D eigenvalue weighted by Gasteiger charge is 2.13. The van der Waals surface area contributed by atoms with Crippen molar-refractivity contribution in [3.8, 4) is 0 Å². The molecule has 0 amide bonds. The summed E-state index contributed by atoms with van der Waals surface area (Å²) in [6, 6.07) is 29.7. The van der Waals surface area contributed by atoms with Crippen LogP contribution in [-0.2, 0) is 6.54 Å². The molecule has 148 valence electrons. The van der Waals surface area contributed by atoms with Crippen molar-refractivity contribution in [2.45, 2.75) is 13.5 Å². The average Bonchev–Trinajstić information content (AvgIpc) is 2.79. The van der Waals surface area contributed by atoms with E-state index in [2.05, 4.69) is 39.5 Å². The number of nitrogens with one attached hydrogen (secondary N) is 1. The minimum absolute atomic E-state index is 0.0409. The molecular weight excluding hydrogens is 372 g/mol. The lowest BCUT2D eigenvalue weighted by Gasteiger charge is -2.24. The van der Waals surface area contributed by atoms with Crippen LogP contribution >= 0.6 is 0 Å². The van der Waals surface area contributed by atoms with Gasteiger partial charge in [-0.1, -0.05) is 48.5 Å². The molecule has 0 spiro atoms. The smallest absolute Gasteiger partial charge is 0.229 e. The maximum absolute atomic E-state index is 11.5. The molecule has 0 aliphatic carbocycles. The lowest BCUT2D eigenvalue weighted by molar-refractivity contribution is 0.101. The summed E-state index contributed by atoms with van der Waals surface area (Å²) in [5, 5.41) is 3.22. The first-order chi connectivity index (χ1) is 14.7. The zero-order valence-corrected chi connectivity index (χ0v) is 16.7. The topological polar surface area (TPSA) is 58.1 Å². The third-order valence-corrected chi connectivity index (χ3v) is 4.72. The van der Waals surface area contributed by atoms with Crippen LogP contribution in [0, 0.1) is 0 Å². The number of hydrogen-bond donors (Lipinski definition) is 1. The first kappa shape index (κ1) is 19.3. The van der Waals surface area contributed by atoms with Crippen LogP contribution < -0.4 is 10.2 Å². The number of benzene rings is 3. The summed E-state index contributed by atoms with van der Waals surface area (Å²) < 4.78 is 0. The molecule has 5 nitrogen and oxygen atoms in total. The Labute approximate surface area is 176 Å². The quantitative estimate of drug-likeness (QED) is 0.404. The first-order valence-corrected chi connectivity index (χ1v) is 9.76. The van der Waals surface area contributed by atoms with Gasteiger partial charge in [0.1, 0.15) is 5.82 Å². The highest BCUT2D eigenvalue weighted by atomic mass is 16.1. The molecule has 4 aromatic rings. The van der Waals surface area contributed by atoms with Gasteiger partial charge in [0.15, 0.2) is 5.78 Å². The number of Topliss-reactive ketones (excluding diaryl/α,β-unsaturated/α-hetero) is 1. The number of rotatable bonds is 7. The van der Waals surface area contributed by atoms with Crippen LogP contribution in [0.1, 0.15) is 22.8 Å². The molecule has 1 N–H and O–H groups in total. The zero-order chi connectivity index (χ0) is 20.8. The summed E-state index contributed by atoms with van der Waals surface area (Å²) in [6.45, 7) is 2.24. The molecule has 0 aliphatic rings. The van der Waals surface area contributed by atoms with Crippen LogP contribution in [0.25, 0.3) is 0 Å². The summed E-state index contributed by atoms with van der Waals surface area (Å²) in [5.74, 6) is 1.33. The molecule has 0 unspecified atom stereocenters. The number of para-hydroxylation sites is 1. The van der Waals surface area contributed by atoms with Gasteiger partial charge in [-0.05, 0) is 55.0 Å². The van der Waals surface area contributed by atoms with Gasteiger partial charge in [0.25, 0.3) is 0 Å². The maximum Gasteiger partial charge on any atom is 0.229 e. The molecule has 4 rings (SSSR count). The highest BCUT2D eigenvalue weighted by molar-refractivity contribution is 5.94. The number of carbonyl (C=O) groups is 1. The van der Waals surface area contributed by atoms with E-state index in [0.29, 0.717) is 18.1 Å².